The van der Waals surface area contributed by atoms with Crippen LogP contribution in [0.4, 0.5) is 0 Å². The molecule has 4 nitrogen and oxygen atoms in total. The summed E-state index contributed by atoms with van der Waals surface area (Å²) in [4.78, 5) is 18.2. The van der Waals surface area contributed by atoms with Crippen molar-refractivity contribution in [2.45, 2.75) is 12.3 Å². The number of methoxy groups -OCH3 is 1. The van der Waals surface area contributed by atoms with Crippen molar-refractivity contribution in [3.8, 4) is 17.0 Å². The number of hydrogen-bond donors (Lipinski definition) is 1. The molecule has 0 aliphatic carbocycles. The molecule has 0 unspecified atom stereocenters. The van der Waals surface area contributed by atoms with E-state index in [-0.39, 0.29) is 11.8 Å². The second-order valence-corrected chi connectivity index (χ2v) is 8.72. The third kappa shape index (κ3) is 5.13. The van der Waals surface area contributed by atoms with Crippen molar-refractivity contribution >= 4 is 16.8 Å². The molecule has 1 amide bonds. The van der Waals surface area contributed by atoms with E-state index in [1.54, 1.807) is 7.11 Å². The molecule has 1 N–H and O–H groups in total. The number of amides is 1. The van der Waals surface area contributed by atoms with Crippen molar-refractivity contribution in [2.24, 2.45) is 0 Å². The molecule has 36 heavy (non-hydrogen) atoms. The Morgan fingerprint density at radius 1 is 0.806 bits per heavy atom. The van der Waals surface area contributed by atoms with Gasteiger partial charge in [-0.05, 0) is 53.9 Å². The van der Waals surface area contributed by atoms with Gasteiger partial charge >= 0.3 is 0 Å². The minimum Gasteiger partial charge on any atom is -0.497 e. The van der Waals surface area contributed by atoms with Crippen LogP contribution in [0.5, 0.6) is 5.75 Å². The standard InChI is InChI=1S/C32H28N2O2/c1-36-26-18-16-25(17-19-26)31-22-29(28-14-8-9-15-30(28)34-31)32(35)33-21-20-27(23-10-4-2-5-11-23)24-12-6-3-7-13-24/h2-19,22,27H,20-21H2,1H3,(H,33,35). The number of hydrogen-bond acceptors (Lipinski definition) is 3. The van der Waals surface area contributed by atoms with E-state index in [2.05, 4.69) is 53.8 Å². The summed E-state index contributed by atoms with van der Waals surface area (Å²) in [5, 5.41) is 4.01. The summed E-state index contributed by atoms with van der Waals surface area (Å²) in [7, 11) is 1.64. The van der Waals surface area contributed by atoms with Crippen LogP contribution in [0.1, 0.15) is 33.8 Å². The van der Waals surface area contributed by atoms with E-state index in [1.807, 2.05) is 66.7 Å². The molecule has 1 heterocycles. The molecule has 5 aromatic rings. The van der Waals surface area contributed by atoms with Gasteiger partial charge in [0.25, 0.3) is 5.91 Å². The number of rotatable bonds is 8. The van der Waals surface area contributed by atoms with Gasteiger partial charge in [-0.3, -0.25) is 4.79 Å². The minimum atomic E-state index is -0.0942. The Morgan fingerprint density at radius 2 is 1.42 bits per heavy atom. The Morgan fingerprint density at radius 3 is 2.06 bits per heavy atom. The summed E-state index contributed by atoms with van der Waals surface area (Å²) in [6, 6.07) is 38.3. The number of nitrogens with zero attached hydrogens (tertiary/aromatic N) is 1. The van der Waals surface area contributed by atoms with Crippen LogP contribution in [0.15, 0.2) is 115 Å². The normalized spacial score (nSPS) is 10.9. The molecular weight excluding hydrogens is 444 g/mol. The number of nitrogens with one attached hydrogen (secondary N) is 1. The summed E-state index contributed by atoms with van der Waals surface area (Å²) < 4.78 is 5.28. The molecule has 0 fully saturated rings. The van der Waals surface area contributed by atoms with Gasteiger partial charge in [-0.2, -0.15) is 0 Å². The molecule has 0 atom stereocenters. The van der Waals surface area contributed by atoms with Crippen LogP contribution in [0.2, 0.25) is 0 Å². The van der Waals surface area contributed by atoms with Gasteiger partial charge in [0.1, 0.15) is 5.75 Å². The van der Waals surface area contributed by atoms with E-state index >= 15 is 0 Å². The molecule has 0 aliphatic heterocycles. The molecule has 0 bridgehead atoms. The van der Waals surface area contributed by atoms with E-state index in [1.165, 1.54) is 11.1 Å². The highest BCUT2D eigenvalue weighted by Gasteiger charge is 2.17. The van der Waals surface area contributed by atoms with E-state index in [0.29, 0.717) is 12.1 Å². The lowest BCUT2D eigenvalue weighted by Crippen LogP contribution is -2.26. The van der Waals surface area contributed by atoms with E-state index in [4.69, 9.17) is 9.72 Å². The predicted octanol–water partition coefficient (Wildman–Crippen LogP) is 6.86. The highest BCUT2D eigenvalue weighted by Crippen LogP contribution is 2.28. The Balaban J connectivity index is 1.39. The van der Waals surface area contributed by atoms with Crippen molar-refractivity contribution in [1.82, 2.24) is 10.3 Å². The average molecular weight is 473 g/mol. The molecule has 0 saturated carbocycles. The quantitative estimate of drug-likeness (QED) is 0.268. The van der Waals surface area contributed by atoms with Gasteiger partial charge in [0.2, 0.25) is 0 Å². The van der Waals surface area contributed by atoms with Crippen LogP contribution in [0.25, 0.3) is 22.2 Å². The first-order valence-corrected chi connectivity index (χ1v) is 12.2. The zero-order valence-corrected chi connectivity index (χ0v) is 20.2. The summed E-state index contributed by atoms with van der Waals surface area (Å²) in [6.07, 6.45) is 0.800. The van der Waals surface area contributed by atoms with Crippen LogP contribution >= 0.6 is 0 Å². The summed E-state index contributed by atoms with van der Waals surface area (Å²) in [6.45, 7) is 0.557. The minimum absolute atomic E-state index is 0.0942. The van der Waals surface area contributed by atoms with E-state index < -0.39 is 0 Å². The van der Waals surface area contributed by atoms with Crippen LogP contribution in [0.3, 0.4) is 0 Å². The van der Waals surface area contributed by atoms with Gasteiger partial charge < -0.3 is 10.1 Å². The van der Waals surface area contributed by atoms with Gasteiger partial charge in [-0.25, -0.2) is 4.98 Å². The zero-order chi connectivity index (χ0) is 24.7. The molecule has 4 aromatic carbocycles. The Hall–Kier alpha value is -4.44. The number of pyridine rings is 1. The zero-order valence-electron chi connectivity index (χ0n) is 20.2. The fourth-order valence-corrected chi connectivity index (χ4v) is 4.59. The summed E-state index contributed by atoms with van der Waals surface area (Å²) in [5.74, 6) is 0.892. The maximum atomic E-state index is 13.4. The van der Waals surface area contributed by atoms with Crippen molar-refractivity contribution in [2.75, 3.05) is 13.7 Å². The number of ether oxygens (including phenoxy) is 1. The highest BCUT2D eigenvalue weighted by molar-refractivity contribution is 6.07. The van der Waals surface area contributed by atoms with Crippen molar-refractivity contribution < 1.29 is 9.53 Å². The molecule has 0 aliphatic rings. The maximum absolute atomic E-state index is 13.4. The molecule has 178 valence electrons. The van der Waals surface area contributed by atoms with Gasteiger partial charge in [0.05, 0.1) is 23.9 Å². The van der Waals surface area contributed by atoms with Crippen molar-refractivity contribution in [3.63, 3.8) is 0 Å². The van der Waals surface area contributed by atoms with Crippen LogP contribution in [0, 0.1) is 0 Å². The number of aromatic nitrogens is 1. The Labute approximate surface area is 211 Å². The van der Waals surface area contributed by atoms with Gasteiger partial charge in [-0.15, -0.1) is 0 Å². The second kappa shape index (κ2) is 10.9. The van der Waals surface area contributed by atoms with E-state index in [0.717, 1.165) is 34.3 Å². The lowest BCUT2D eigenvalue weighted by atomic mass is 9.88. The highest BCUT2D eigenvalue weighted by atomic mass is 16.5. The Bertz CT molecular complexity index is 1410. The topological polar surface area (TPSA) is 51.2 Å². The third-order valence-electron chi connectivity index (χ3n) is 6.47. The number of carbonyl (C=O) groups excluding carboxylic acids is 1. The smallest absolute Gasteiger partial charge is 0.252 e. The lowest BCUT2D eigenvalue weighted by molar-refractivity contribution is 0.0954. The maximum Gasteiger partial charge on any atom is 0.252 e. The first-order valence-electron chi connectivity index (χ1n) is 12.2. The predicted molar refractivity (Wildman–Crippen MR) is 145 cm³/mol. The Kier molecular flexibility index (Phi) is 7.04. The van der Waals surface area contributed by atoms with Gasteiger partial charge in [0, 0.05) is 23.4 Å². The molecular formula is C32H28N2O2. The molecule has 0 spiro atoms. The van der Waals surface area contributed by atoms with Crippen LogP contribution in [-0.4, -0.2) is 24.5 Å². The summed E-state index contributed by atoms with van der Waals surface area (Å²) in [5.41, 5.74) is 5.60. The first-order chi connectivity index (χ1) is 17.7. The fraction of sp³-hybridized carbons (Fsp3) is 0.125. The first kappa shape index (κ1) is 23.3. The number of benzene rings is 4. The lowest BCUT2D eigenvalue weighted by Gasteiger charge is -2.19. The molecule has 4 heteroatoms. The number of fused-ring (bicyclic) bond motifs is 1. The van der Waals surface area contributed by atoms with Crippen LogP contribution in [-0.2, 0) is 0 Å². The fourth-order valence-electron chi connectivity index (χ4n) is 4.59. The van der Waals surface area contributed by atoms with E-state index in [9.17, 15) is 4.79 Å². The third-order valence-corrected chi connectivity index (χ3v) is 6.47. The van der Waals surface area contributed by atoms with Crippen molar-refractivity contribution in [3.05, 3.63) is 132 Å². The molecule has 5 rings (SSSR count). The summed E-state index contributed by atoms with van der Waals surface area (Å²) >= 11 is 0. The molecule has 0 saturated heterocycles. The largest absolute Gasteiger partial charge is 0.497 e. The SMILES string of the molecule is COc1ccc(-c2cc(C(=O)NCCC(c3ccccc3)c3ccccc3)c3ccccc3n2)cc1. The molecule has 1 aromatic heterocycles. The number of para-hydroxylation sites is 1. The van der Waals surface area contributed by atoms with Crippen LogP contribution < -0.4 is 10.1 Å². The number of carbonyl (C=O) groups is 1. The average Bonchev–Trinajstić information content (AvgIpc) is 2.95. The van der Waals surface area contributed by atoms with Crippen molar-refractivity contribution in [1.29, 1.82) is 0 Å². The van der Waals surface area contributed by atoms with Gasteiger partial charge in [-0.1, -0.05) is 78.9 Å². The molecule has 0 radical (unpaired) electrons. The second-order valence-electron chi connectivity index (χ2n) is 8.72. The van der Waals surface area contributed by atoms with Gasteiger partial charge in [0.15, 0.2) is 0 Å². The monoisotopic (exact) mass is 472 g/mol.